The molecule has 25 heavy (non-hydrogen) atoms. The molecule has 0 spiro atoms. The Kier molecular flexibility index (Phi) is 4.73. The highest BCUT2D eigenvalue weighted by molar-refractivity contribution is 7.90. The number of fused-ring (bicyclic) bond motifs is 1. The van der Waals surface area contributed by atoms with Crippen LogP contribution in [0.1, 0.15) is 17.3 Å². The number of thiazole rings is 1. The first-order valence-electron chi connectivity index (χ1n) is 7.55. The summed E-state index contributed by atoms with van der Waals surface area (Å²) >= 11 is 1.20. The van der Waals surface area contributed by atoms with Gasteiger partial charge in [0.25, 0.3) is 10.0 Å². The summed E-state index contributed by atoms with van der Waals surface area (Å²) in [6.07, 6.45) is 0. The summed E-state index contributed by atoms with van der Waals surface area (Å²) in [6.45, 7) is 2.04. The van der Waals surface area contributed by atoms with Crippen LogP contribution in [-0.4, -0.2) is 25.6 Å². The molecule has 8 heteroatoms. The van der Waals surface area contributed by atoms with Gasteiger partial charge in [0.15, 0.2) is 0 Å². The average molecular weight is 376 g/mol. The lowest BCUT2D eigenvalue weighted by Crippen LogP contribution is -2.13. The maximum atomic E-state index is 12.4. The zero-order valence-electron chi connectivity index (χ0n) is 13.7. The summed E-state index contributed by atoms with van der Waals surface area (Å²) in [7, 11) is -2.06. The standard InChI is InChI=1S/C17H16N2O4S2/c1-3-23-16(20)12-9-10-14-15(11-12)24-17(19(14)2)18-25(21,22)13-7-5-4-6-8-13/h4-11H,3H2,1-2H3/b18-17-. The summed E-state index contributed by atoms with van der Waals surface area (Å²) < 4.78 is 36.3. The van der Waals surface area contributed by atoms with E-state index in [-0.39, 0.29) is 4.90 Å². The molecule has 0 fully saturated rings. The Bertz CT molecular complexity index is 1100. The molecule has 0 aliphatic rings. The van der Waals surface area contributed by atoms with Crippen LogP contribution in [-0.2, 0) is 21.8 Å². The van der Waals surface area contributed by atoms with E-state index in [0.717, 1.165) is 10.2 Å². The van der Waals surface area contributed by atoms with E-state index in [2.05, 4.69) is 4.40 Å². The SMILES string of the molecule is CCOC(=O)c1ccc2c(c1)s/c(=N\S(=O)(=O)c1ccccc1)n2C. The number of carbonyl (C=O) groups is 1. The van der Waals surface area contributed by atoms with E-state index in [0.29, 0.717) is 17.0 Å². The third-order valence-electron chi connectivity index (χ3n) is 3.56. The second kappa shape index (κ2) is 6.81. The number of benzene rings is 2. The fourth-order valence-electron chi connectivity index (χ4n) is 2.31. The van der Waals surface area contributed by atoms with E-state index in [4.69, 9.17) is 4.74 Å². The Hall–Kier alpha value is -2.45. The molecule has 1 heterocycles. The number of aryl methyl sites for hydroxylation is 1. The van der Waals surface area contributed by atoms with Gasteiger partial charge in [0.1, 0.15) is 0 Å². The number of nitrogens with zero attached hydrogens (tertiary/aromatic N) is 2. The van der Waals surface area contributed by atoms with Crippen molar-refractivity contribution in [3.8, 4) is 0 Å². The molecular formula is C17H16N2O4S2. The number of rotatable bonds is 4. The summed E-state index contributed by atoms with van der Waals surface area (Å²) in [5.74, 6) is -0.407. The maximum absolute atomic E-state index is 12.4. The lowest BCUT2D eigenvalue weighted by molar-refractivity contribution is 0.0526. The van der Waals surface area contributed by atoms with E-state index < -0.39 is 16.0 Å². The highest BCUT2D eigenvalue weighted by Crippen LogP contribution is 2.20. The summed E-state index contributed by atoms with van der Waals surface area (Å²) in [5.41, 5.74) is 1.22. The number of aromatic nitrogens is 1. The van der Waals surface area contributed by atoms with E-state index in [1.165, 1.54) is 23.5 Å². The highest BCUT2D eigenvalue weighted by atomic mass is 32.2. The predicted octanol–water partition coefficient (Wildman–Crippen LogP) is 2.71. The van der Waals surface area contributed by atoms with E-state index in [1.807, 2.05) is 0 Å². The van der Waals surface area contributed by atoms with Crippen molar-refractivity contribution in [1.82, 2.24) is 4.57 Å². The van der Waals surface area contributed by atoms with Gasteiger partial charge in [-0.3, -0.25) is 0 Å². The molecule has 0 aliphatic heterocycles. The van der Waals surface area contributed by atoms with Gasteiger partial charge in [-0.15, -0.1) is 4.40 Å². The van der Waals surface area contributed by atoms with Gasteiger partial charge in [-0.05, 0) is 37.3 Å². The van der Waals surface area contributed by atoms with Gasteiger partial charge in [-0.25, -0.2) is 4.79 Å². The molecule has 0 saturated carbocycles. The average Bonchev–Trinajstić information content (AvgIpc) is 2.90. The van der Waals surface area contributed by atoms with Gasteiger partial charge in [0.05, 0.1) is 27.3 Å². The van der Waals surface area contributed by atoms with Crippen molar-refractivity contribution in [3.05, 3.63) is 58.9 Å². The van der Waals surface area contributed by atoms with Gasteiger partial charge in [-0.2, -0.15) is 8.42 Å². The van der Waals surface area contributed by atoms with Crippen molar-refractivity contribution < 1.29 is 17.9 Å². The minimum absolute atomic E-state index is 0.139. The molecule has 0 saturated heterocycles. The van der Waals surface area contributed by atoms with Crippen LogP contribution in [0, 0.1) is 0 Å². The van der Waals surface area contributed by atoms with Crippen LogP contribution in [0.5, 0.6) is 0 Å². The molecule has 0 radical (unpaired) electrons. The number of hydrogen-bond acceptors (Lipinski definition) is 5. The molecular weight excluding hydrogens is 360 g/mol. The van der Waals surface area contributed by atoms with E-state index >= 15 is 0 Å². The van der Waals surface area contributed by atoms with Gasteiger partial charge < -0.3 is 9.30 Å². The first kappa shape index (κ1) is 17.4. The zero-order chi connectivity index (χ0) is 18.0. The fourth-order valence-corrected chi connectivity index (χ4v) is 4.62. The second-order valence-corrected chi connectivity index (χ2v) is 7.84. The maximum Gasteiger partial charge on any atom is 0.338 e. The molecule has 0 bridgehead atoms. The summed E-state index contributed by atoms with van der Waals surface area (Å²) in [6, 6.07) is 13.2. The lowest BCUT2D eigenvalue weighted by Gasteiger charge is -2.01. The van der Waals surface area contributed by atoms with Crippen molar-refractivity contribution in [2.24, 2.45) is 11.4 Å². The Morgan fingerprint density at radius 1 is 1.20 bits per heavy atom. The minimum atomic E-state index is -3.80. The number of esters is 1. The number of sulfonamides is 1. The largest absolute Gasteiger partial charge is 0.462 e. The van der Waals surface area contributed by atoms with Gasteiger partial charge in [0.2, 0.25) is 4.80 Å². The van der Waals surface area contributed by atoms with E-state index in [1.54, 1.807) is 54.9 Å². The van der Waals surface area contributed by atoms with Crippen molar-refractivity contribution in [3.63, 3.8) is 0 Å². The quantitative estimate of drug-likeness (QED) is 0.656. The second-order valence-electron chi connectivity index (χ2n) is 5.23. The normalized spacial score (nSPS) is 12.5. The molecule has 6 nitrogen and oxygen atoms in total. The van der Waals surface area contributed by atoms with Gasteiger partial charge in [0, 0.05) is 7.05 Å². The van der Waals surface area contributed by atoms with Crippen molar-refractivity contribution in [1.29, 1.82) is 0 Å². The topological polar surface area (TPSA) is 77.7 Å². The van der Waals surface area contributed by atoms with Crippen LogP contribution in [0.3, 0.4) is 0 Å². The molecule has 0 atom stereocenters. The molecule has 0 aliphatic carbocycles. The van der Waals surface area contributed by atoms with Crippen LogP contribution < -0.4 is 4.80 Å². The zero-order valence-corrected chi connectivity index (χ0v) is 15.3. The number of hydrogen-bond donors (Lipinski definition) is 0. The molecule has 0 unspecified atom stereocenters. The Balaban J connectivity index is 2.11. The van der Waals surface area contributed by atoms with Crippen LogP contribution in [0.4, 0.5) is 0 Å². The van der Waals surface area contributed by atoms with Crippen molar-refractivity contribution in [2.45, 2.75) is 11.8 Å². The molecule has 1 aromatic heterocycles. The predicted molar refractivity (Wildman–Crippen MR) is 95.9 cm³/mol. The minimum Gasteiger partial charge on any atom is -0.462 e. The summed E-state index contributed by atoms with van der Waals surface area (Å²) in [5, 5.41) is 0. The Morgan fingerprint density at radius 2 is 1.92 bits per heavy atom. The first-order valence-corrected chi connectivity index (χ1v) is 9.81. The fraction of sp³-hybridized carbons (Fsp3) is 0.176. The van der Waals surface area contributed by atoms with Crippen LogP contribution in [0.2, 0.25) is 0 Å². The first-order chi connectivity index (χ1) is 11.9. The molecule has 3 rings (SSSR count). The molecule has 3 aromatic rings. The van der Waals surface area contributed by atoms with Gasteiger partial charge >= 0.3 is 5.97 Å². The van der Waals surface area contributed by atoms with Gasteiger partial charge in [-0.1, -0.05) is 29.5 Å². The van der Waals surface area contributed by atoms with Crippen LogP contribution in [0.25, 0.3) is 10.2 Å². The Labute approximate surface area is 149 Å². The third-order valence-corrected chi connectivity index (χ3v) is 6.05. The smallest absolute Gasteiger partial charge is 0.338 e. The molecule has 0 N–H and O–H groups in total. The third kappa shape index (κ3) is 3.49. The summed E-state index contributed by atoms with van der Waals surface area (Å²) in [4.78, 5) is 12.3. The monoisotopic (exact) mass is 376 g/mol. The molecule has 0 amide bonds. The number of carbonyl (C=O) groups excluding carboxylic acids is 1. The number of ether oxygens (including phenoxy) is 1. The molecule has 130 valence electrons. The van der Waals surface area contributed by atoms with Crippen LogP contribution >= 0.6 is 11.3 Å². The lowest BCUT2D eigenvalue weighted by atomic mass is 10.2. The Morgan fingerprint density at radius 3 is 2.60 bits per heavy atom. The molecule has 2 aromatic carbocycles. The van der Waals surface area contributed by atoms with Crippen molar-refractivity contribution >= 4 is 37.5 Å². The van der Waals surface area contributed by atoms with Crippen molar-refractivity contribution in [2.75, 3.05) is 6.61 Å². The highest BCUT2D eigenvalue weighted by Gasteiger charge is 2.14. The van der Waals surface area contributed by atoms with E-state index in [9.17, 15) is 13.2 Å². The van der Waals surface area contributed by atoms with Crippen LogP contribution in [0.15, 0.2) is 57.8 Å².